The van der Waals surface area contributed by atoms with Crippen LogP contribution in [0.25, 0.3) is 95.0 Å². The highest BCUT2D eigenvalue weighted by atomic mass is 15.0. The van der Waals surface area contributed by atoms with E-state index in [1.807, 2.05) is 133 Å². The molecule has 0 atom stereocenters. The molecule has 0 aliphatic rings. The molecule has 2 heterocycles. The molecule has 10 rings (SSSR count). The Labute approximate surface area is 333 Å². The number of nitrogens with zero attached hydrogens (tertiary/aromatic N) is 4. The van der Waals surface area contributed by atoms with E-state index >= 15 is 0 Å². The molecule has 0 aliphatic heterocycles. The normalized spacial score (nSPS) is 13.8. The van der Waals surface area contributed by atoms with Crippen molar-refractivity contribution in [2.45, 2.75) is 0 Å². The van der Waals surface area contributed by atoms with Gasteiger partial charge in [-0.25, -0.2) is 15.0 Å². The van der Waals surface area contributed by atoms with Crippen molar-refractivity contribution in [1.82, 2.24) is 19.5 Å². The molecular formula is C51H34N4. The predicted octanol–water partition coefficient (Wildman–Crippen LogP) is 13.0. The smallest absolute Gasteiger partial charge is 0.164 e. The van der Waals surface area contributed by atoms with Gasteiger partial charge in [0.1, 0.15) is 0 Å². The fourth-order valence-corrected chi connectivity index (χ4v) is 7.06. The lowest BCUT2D eigenvalue weighted by Crippen LogP contribution is -2.00. The zero-order valence-electron chi connectivity index (χ0n) is 39.1. The summed E-state index contributed by atoms with van der Waals surface area (Å²) in [6.07, 6.45) is 0. The summed E-state index contributed by atoms with van der Waals surface area (Å²) in [6.45, 7) is 0. The summed E-state index contributed by atoms with van der Waals surface area (Å²) in [5.41, 5.74) is 6.45. The molecule has 0 bridgehead atoms. The first-order valence-electron chi connectivity index (χ1n) is 22.7. The number of rotatable bonds is 7. The molecule has 0 spiro atoms. The Morgan fingerprint density at radius 2 is 0.836 bits per heavy atom. The van der Waals surface area contributed by atoms with Gasteiger partial charge in [0.15, 0.2) is 17.5 Å². The number of aromatic nitrogens is 4. The molecule has 0 radical (unpaired) electrons. The molecule has 258 valence electrons. The minimum atomic E-state index is -0.557. The number of hydrogen-bond acceptors (Lipinski definition) is 3. The van der Waals surface area contributed by atoms with E-state index in [2.05, 4.69) is 0 Å². The second-order valence-electron chi connectivity index (χ2n) is 12.9. The molecule has 8 aromatic carbocycles. The van der Waals surface area contributed by atoms with E-state index in [1.165, 1.54) is 0 Å². The van der Waals surface area contributed by atoms with Crippen molar-refractivity contribution in [3.8, 4) is 73.2 Å². The third kappa shape index (κ3) is 6.06. The third-order valence-corrected chi connectivity index (χ3v) is 9.63. The Bertz CT molecular complexity index is 3470. The van der Waals surface area contributed by atoms with Crippen molar-refractivity contribution in [3.05, 3.63) is 206 Å². The SMILES string of the molecule is [2H]c1c([2H])c([2H])c(-c2cc(-c3ccccc3)c3c4ccc(-c5nc(-c6ccccc6)nc(-c6ccc(-c7ccccc7)cc6)n5)cc4n(-c4c([2H])c([2H])c([2H])c([2H])c4[2H])c3c2)c([2H])c1[2H]. The summed E-state index contributed by atoms with van der Waals surface area (Å²) in [6, 6.07) is 41.1. The molecule has 55 heavy (non-hydrogen) atoms. The van der Waals surface area contributed by atoms with Crippen LogP contribution in [0.15, 0.2) is 206 Å². The minimum Gasteiger partial charge on any atom is -0.309 e. The third-order valence-electron chi connectivity index (χ3n) is 9.63. The summed E-state index contributed by atoms with van der Waals surface area (Å²) < 4.78 is 89.1. The van der Waals surface area contributed by atoms with Gasteiger partial charge in [-0.1, -0.05) is 176 Å². The molecule has 0 unspecified atom stereocenters. The van der Waals surface area contributed by atoms with E-state index in [4.69, 9.17) is 25.9 Å². The van der Waals surface area contributed by atoms with Crippen molar-refractivity contribution in [2.75, 3.05) is 0 Å². The van der Waals surface area contributed by atoms with Gasteiger partial charge in [0.2, 0.25) is 0 Å². The lowest BCUT2D eigenvalue weighted by molar-refractivity contribution is 1.07. The van der Waals surface area contributed by atoms with Crippen molar-refractivity contribution in [1.29, 1.82) is 0 Å². The van der Waals surface area contributed by atoms with Gasteiger partial charge in [0, 0.05) is 33.2 Å². The number of benzene rings is 8. The first kappa shape index (κ1) is 23.3. The molecule has 4 nitrogen and oxygen atoms in total. The van der Waals surface area contributed by atoms with Crippen LogP contribution in [0.1, 0.15) is 13.7 Å². The van der Waals surface area contributed by atoms with Gasteiger partial charge in [-0.05, 0) is 63.7 Å². The molecule has 4 heteroatoms. The van der Waals surface area contributed by atoms with Gasteiger partial charge in [-0.2, -0.15) is 0 Å². The van der Waals surface area contributed by atoms with Crippen LogP contribution < -0.4 is 0 Å². The summed E-state index contributed by atoms with van der Waals surface area (Å²) in [7, 11) is 0. The highest BCUT2D eigenvalue weighted by molar-refractivity contribution is 6.17. The van der Waals surface area contributed by atoms with Crippen LogP contribution in [0, 0.1) is 0 Å². The zero-order valence-corrected chi connectivity index (χ0v) is 29.1. The highest BCUT2D eigenvalue weighted by Crippen LogP contribution is 2.42. The number of para-hydroxylation sites is 1. The van der Waals surface area contributed by atoms with Crippen LogP contribution in [0.4, 0.5) is 0 Å². The molecule has 0 N–H and O–H groups in total. The topological polar surface area (TPSA) is 43.6 Å². The Hall–Kier alpha value is -7.43. The standard InChI is InChI=1S/C51H34N4/c1-6-16-35(17-7-1)37-26-28-40(29-27-37)50-52-49(39-22-12-4-13-23-39)53-51(54-50)41-30-31-44-46(33-41)55(43-24-14-5-15-25-43)47-34-42(36-18-8-2-9-19-36)32-45(48(44)47)38-20-10-3-11-21-38/h1-34H/i2D,5D,8D,9D,14D,15D,18D,19D,24D,25D. The maximum absolute atomic E-state index is 9.22. The molecule has 0 saturated carbocycles. The molecule has 2 aromatic heterocycles. The Balaban J connectivity index is 1.29. The quantitative estimate of drug-likeness (QED) is 0.165. The minimum absolute atomic E-state index is 0.0448. The lowest BCUT2D eigenvalue weighted by Gasteiger charge is -2.12. The van der Waals surface area contributed by atoms with Gasteiger partial charge in [0.25, 0.3) is 0 Å². The first-order valence-corrected chi connectivity index (χ1v) is 17.7. The van der Waals surface area contributed by atoms with Crippen molar-refractivity contribution in [3.63, 3.8) is 0 Å². The van der Waals surface area contributed by atoms with Gasteiger partial charge >= 0.3 is 0 Å². The van der Waals surface area contributed by atoms with Crippen molar-refractivity contribution in [2.24, 2.45) is 0 Å². The van der Waals surface area contributed by atoms with Crippen molar-refractivity contribution >= 4 is 21.8 Å². The van der Waals surface area contributed by atoms with Crippen molar-refractivity contribution < 1.29 is 13.7 Å². The Kier molecular flexibility index (Phi) is 5.86. The van der Waals surface area contributed by atoms with Gasteiger partial charge in [0.05, 0.1) is 24.7 Å². The van der Waals surface area contributed by atoms with Gasteiger partial charge in [-0.15, -0.1) is 0 Å². The van der Waals surface area contributed by atoms with E-state index in [-0.39, 0.29) is 16.8 Å². The average Bonchev–Trinajstić information content (AvgIpc) is 3.67. The van der Waals surface area contributed by atoms with E-state index < -0.39 is 60.4 Å². The van der Waals surface area contributed by atoms with Crippen LogP contribution in [-0.2, 0) is 0 Å². The van der Waals surface area contributed by atoms with Crippen LogP contribution >= 0.6 is 0 Å². The zero-order chi connectivity index (χ0) is 45.3. The lowest BCUT2D eigenvalue weighted by atomic mass is 9.94. The maximum Gasteiger partial charge on any atom is 0.164 e. The molecular weight excluding hydrogens is 669 g/mol. The fourth-order valence-electron chi connectivity index (χ4n) is 7.06. The molecule has 0 aliphatic carbocycles. The van der Waals surface area contributed by atoms with E-state index in [9.17, 15) is 2.74 Å². The van der Waals surface area contributed by atoms with Crippen LogP contribution in [0.5, 0.6) is 0 Å². The fraction of sp³-hybridized carbons (Fsp3) is 0. The largest absolute Gasteiger partial charge is 0.309 e. The van der Waals surface area contributed by atoms with Crippen LogP contribution in [0.2, 0.25) is 0 Å². The second-order valence-corrected chi connectivity index (χ2v) is 12.9. The maximum atomic E-state index is 9.22. The average molecular weight is 713 g/mol. The molecule has 0 amide bonds. The van der Waals surface area contributed by atoms with Crippen LogP contribution in [-0.4, -0.2) is 19.5 Å². The summed E-state index contributed by atoms with van der Waals surface area (Å²) in [5, 5.41) is 1.29. The monoisotopic (exact) mass is 712 g/mol. The Morgan fingerprint density at radius 1 is 0.364 bits per heavy atom. The summed E-state index contributed by atoms with van der Waals surface area (Å²) in [4.78, 5) is 14.9. The predicted molar refractivity (Wildman–Crippen MR) is 227 cm³/mol. The first-order chi connectivity index (χ1) is 31.4. The molecule has 0 saturated heterocycles. The highest BCUT2D eigenvalue weighted by Gasteiger charge is 2.20. The summed E-state index contributed by atoms with van der Waals surface area (Å²) in [5.74, 6) is 1.18. The van der Waals surface area contributed by atoms with Crippen LogP contribution in [0.3, 0.4) is 0 Å². The number of fused-ring (bicyclic) bond motifs is 3. The number of hydrogen-bond donors (Lipinski definition) is 0. The second kappa shape index (κ2) is 13.8. The van der Waals surface area contributed by atoms with E-state index in [1.54, 1.807) is 16.7 Å². The summed E-state index contributed by atoms with van der Waals surface area (Å²) >= 11 is 0. The molecule has 10 aromatic rings. The van der Waals surface area contributed by atoms with E-state index in [0.717, 1.165) is 27.8 Å². The molecule has 0 fully saturated rings. The van der Waals surface area contributed by atoms with Gasteiger partial charge < -0.3 is 4.57 Å². The Morgan fingerprint density at radius 3 is 1.47 bits per heavy atom. The van der Waals surface area contributed by atoms with E-state index in [0.29, 0.717) is 50.4 Å². The van der Waals surface area contributed by atoms with Gasteiger partial charge in [-0.3, -0.25) is 0 Å².